The predicted molar refractivity (Wildman–Crippen MR) is 188 cm³/mol. The first-order chi connectivity index (χ1) is 22.7. The molecule has 0 radical (unpaired) electrons. The smallest absolute Gasteiger partial charge is 0.374 e. The van der Waals surface area contributed by atoms with Crippen LogP contribution in [0.2, 0.25) is 0 Å². The third kappa shape index (κ3) is 6.67. The summed E-state index contributed by atoms with van der Waals surface area (Å²) < 4.78 is 42.4. The van der Waals surface area contributed by atoms with Gasteiger partial charge in [0, 0.05) is 48.1 Å². The number of nitrogens with zero attached hydrogens (tertiary/aromatic N) is 3. The van der Waals surface area contributed by atoms with Gasteiger partial charge in [-0.15, -0.1) is 11.3 Å². The summed E-state index contributed by atoms with van der Waals surface area (Å²) in [5.74, 6) is -0.538. The van der Waals surface area contributed by atoms with Crippen LogP contribution in [0, 0.1) is 6.92 Å². The number of benzene rings is 3. The number of piperazine rings is 1. The van der Waals surface area contributed by atoms with Crippen molar-refractivity contribution in [2.45, 2.75) is 25.2 Å². The van der Waals surface area contributed by atoms with E-state index < -0.39 is 16.0 Å². The number of esters is 1. The summed E-state index contributed by atoms with van der Waals surface area (Å²) in [5.41, 5.74) is 3.27. The lowest BCUT2D eigenvalue weighted by Crippen LogP contribution is -2.49. The van der Waals surface area contributed by atoms with E-state index in [1.165, 1.54) is 21.7 Å². The molecule has 0 N–H and O–H groups in total. The summed E-state index contributed by atoms with van der Waals surface area (Å²) in [4.78, 5) is 30.4. The molecule has 1 fully saturated rings. The molecule has 1 saturated heterocycles. The summed E-state index contributed by atoms with van der Waals surface area (Å²) in [7, 11) is -4.09. The Morgan fingerprint density at radius 1 is 0.979 bits per heavy atom. The number of amides is 1. The number of anilines is 2. The zero-order valence-corrected chi connectivity index (χ0v) is 29.2. The summed E-state index contributed by atoms with van der Waals surface area (Å²) >= 11 is 4.88. The van der Waals surface area contributed by atoms with Gasteiger partial charge in [-0.25, -0.2) is 13.2 Å². The van der Waals surface area contributed by atoms with Crippen molar-refractivity contribution in [3.8, 4) is 0 Å². The number of para-hydroxylation sites is 2. The average molecular weight is 737 g/mol. The van der Waals surface area contributed by atoms with Gasteiger partial charge in [-0.3, -0.25) is 9.10 Å². The number of rotatable bonds is 10. The van der Waals surface area contributed by atoms with Crippen molar-refractivity contribution in [1.29, 1.82) is 0 Å². The van der Waals surface area contributed by atoms with Crippen LogP contribution >= 0.6 is 27.3 Å². The number of ether oxygens (including phenoxy) is 1. The standard InChI is InChI=1S/C35H34BrN3O6S2/c1-3-44-35(41)32-24(2)27-23-26(13-14-31(27)45-32)47(42,43)39(17-15-25-9-5-4-6-10-25)30-12-8-7-11-29(30)37-18-20-38(21-19-37)34(40)33-28(36)16-22-46-33/h4-14,16,22-23H,3,15,17-21H2,1-2H3. The fourth-order valence-electron chi connectivity index (χ4n) is 5.81. The van der Waals surface area contributed by atoms with Crippen LogP contribution in [0.25, 0.3) is 11.0 Å². The number of carbonyl (C=O) groups is 2. The van der Waals surface area contributed by atoms with Gasteiger partial charge >= 0.3 is 5.97 Å². The molecule has 2 aromatic heterocycles. The van der Waals surface area contributed by atoms with Crippen LogP contribution in [0.5, 0.6) is 0 Å². The molecule has 3 aromatic carbocycles. The lowest BCUT2D eigenvalue weighted by molar-refractivity contribution is 0.0491. The van der Waals surface area contributed by atoms with E-state index in [1.807, 2.05) is 70.9 Å². The molecule has 0 bridgehead atoms. The molecule has 0 atom stereocenters. The molecule has 0 spiro atoms. The maximum atomic E-state index is 14.6. The number of carbonyl (C=O) groups excluding carboxylic acids is 2. The highest BCUT2D eigenvalue weighted by Gasteiger charge is 2.31. The van der Waals surface area contributed by atoms with Gasteiger partial charge in [-0.1, -0.05) is 42.5 Å². The van der Waals surface area contributed by atoms with E-state index in [-0.39, 0.29) is 29.7 Å². The van der Waals surface area contributed by atoms with Gasteiger partial charge in [-0.2, -0.15) is 0 Å². The van der Waals surface area contributed by atoms with Gasteiger partial charge in [0.2, 0.25) is 5.76 Å². The van der Waals surface area contributed by atoms with E-state index in [0.717, 1.165) is 15.7 Å². The molecule has 47 heavy (non-hydrogen) atoms. The van der Waals surface area contributed by atoms with E-state index >= 15 is 0 Å². The van der Waals surface area contributed by atoms with Gasteiger partial charge < -0.3 is 19.0 Å². The van der Waals surface area contributed by atoms with Crippen LogP contribution in [-0.2, 0) is 21.2 Å². The molecule has 1 aliphatic rings. The molecule has 9 nitrogen and oxygen atoms in total. The molecule has 3 heterocycles. The molecule has 1 aliphatic heterocycles. The monoisotopic (exact) mass is 735 g/mol. The minimum atomic E-state index is -4.09. The Labute approximate surface area is 286 Å². The van der Waals surface area contributed by atoms with Gasteiger partial charge in [0.1, 0.15) is 10.5 Å². The van der Waals surface area contributed by atoms with Crippen LogP contribution in [0.15, 0.2) is 98.0 Å². The van der Waals surface area contributed by atoms with E-state index in [1.54, 1.807) is 26.0 Å². The van der Waals surface area contributed by atoms with Crippen LogP contribution in [0.1, 0.15) is 38.3 Å². The summed E-state index contributed by atoms with van der Waals surface area (Å²) in [5, 5.41) is 2.42. The highest BCUT2D eigenvalue weighted by Crippen LogP contribution is 2.36. The Hall–Kier alpha value is -4.13. The Kier molecular flexibility index (Phi) is 9.72. The normalized spacial score (nSPS) is 13.6. The summed E-state index contributed by atoms with van der Waals surface area (Å²) in [6.07, 6.45) is 0.492. The molecule has 5 aromatic rings. The first kappa shape index (κ1) is 32.8. The molecule has 0 aliphatic carbocycles. The highest BCUT2D eigenvalue weighted by molar-refractivity contribution is 9.10. The van der Waals surface area contributed by atoms with Crippen molar-refractivity contribution in [2.24, 2.45) is 0 Å². The van der Waals surface area contributed by atoms with Crippen LogP contribution in [0.3, 0.4) is 0 Å². The lowest BCUT2D eigenvalue weighted by atomic mass is 10.1. The van der Waals surface area contributed by atoms with Crippen LogP contribution in [-0.4, -0.2) is 64.5 Å². The number of fused-ring (bicyclic) bond motifs is 1. The quantitative estimate of drug-likeness (QED) is 0.141. The summed E-state index contributed by atoms with van der Waals surface area (Å²) in [6.45, 7) is 5.95. The SMILES string of the molecule is CCOC(=O)c1oc2ccc(S(=O)(=O)N(CCc3ccccc3)c3ccccc3N3CCN(C(=O)c4sccc4Br)CC3)cc2c1C. The summed E-state index contributed by atoms with van der Waals surface area (Å²) in [6, 6.07) is 23.8. The molecule has 12 heteroatoms. The topological polar surface area (TPSA) is 100 Å². The Bertz CT molecular complexity index is 2020. The molecule has 0 unspecified atom stereocenters. The van der Waals surface area contributed by atoms with E-state index in [9.17, 15) is 18.0 Å². The van der Waals surface area contributed by atoms with Gasteiger partial charge in [-0.05, 0) is 83.5 Å². The van der Waals surface area contributed by atoms with Crippen molar-refractivity contribution in [1.82, 2.24) is 4.90 Å². The van der Waals surface area contributed by atoms with Crippen molar-refractivity contribution in [3.63, 3.8) is 0 Å². The second-order valence-corrected chi connectivity index (χ2v) is 14.7. The third-order valence-corrected chi connectivity index (χ3v) is 11.9. The third-order valence-electron chi connectivity index (χ3n) is 8.27. The Morgan fingerprint density at radius 3 is 2.40 bits per heavy atom. The molecule has 0 saturated carbocycles. The number of halogens is 1. The van der Waals surface area contributed by atoms with Gasteiger partial charge in [0.15, 0.2) is 0 Å². The van der Waals surface area contributed by atoms with Crippen LogP contribution in [0.4, 0.5) is 11.4 Å². The fraction of sp³-hybridized carbons (Fsp3) is 0.257. The van der Waals surface area contributed by atoms with E-state index in [0.29, 0.717) is 59.7 Å². The maximum absolute atomic E-state index is 14.6. The molecular formula is C35H34BrN3O6S2. The van der Waals surface area contributed by atoms with Crippen molar-refractivity contribution in [3.05, 3.63) is 110 Å². The van der Waals surface area contributed by atoms with Crippen LogP contribution < -0.4 is 9.21 Å². The van der Waals surface area contributed by atoms with E-state index in [2.05, 4.69) is 20.8 Å². The first-order valence-corrected chi connectivity index (χ1v) is 18.4. The van der Waals surface area contributed by atoms with Crippen molar-refractivity contribution < 1.29 is 27.2 Å². The minimum Gasteiger partial charge on any atom is -0.460 e. The largest absolute Gasteiger partial charge is 0.460 e. The fourth-order valence-corrected chi connectivity index (χ4v) is 8.82. The number of hydrogen-bond donors (Lipinski definition) is 0. The second-order valence-electron chi connectivity index (χ2n) is 11.1. The number of sulfonamides is 1. The number of hydrogen-bond acceptors (Lipinski definition) is 8. The molecule has 1 amide bonds. The first-order valence-electron chi connectivity index (χ1n) is 15.3. The zero-order valence-electron chi connectivity index (χ0n) is 26.0. The lowest BCUT2D eigenvalue weighted by Gasteiger charge is -2.38. The number of aryl methyl sites for hydroxylation is 1. The Balaban J connectivity index is 1.34. The number of thiophene rings is 1. The Morgan fingerprint density at radius 2 is 1.70 bits per heavy atom. The predicted octanol–water partition coefficient (Wildman–Crippen LogP) is 7.14. The van der Waals surface area contributed by atoms with E-state index in [4.69, 9.17) is 9.15 Å². The average Bonchev–Trinajstić information content (AvgIpc) is 3.67. The molecule has 244 valence electrons. The zero-order chi connectivity index (χ0) is 33.1. The molecule has 6 rings (SSSR count). The minimum absolute atomic E-state index is 0.0112. The molecular weight excluding hydrogens is 702 g/mol. The van der Waals surface area contributed by atoms with Gasteiger partial charge in [0.05, 0.1) is 22.9 Å². The van der Waals surface area contributed by atoms with Crippen molar-refractivity contribution >= 4 is 71.5 Å². The maximum Gasteiger partial charge on any atom is 0.374 e. The highest BCUT2D eigenvalue weighted by atomic mass is 79.9. The van der Waals surface area contributed by atoms with Gasteiger partial charge in [0.25, 0.3) is 15.9 Å². The second kappa shape index (κ2) is 13.9. The van der Waals surface area contributed by atoms with Crippen molar-refractivity contribution in [2.75, 3.05) is 48.5 Å². The number of furan rings is 1.